The van der Waals surface area contributed by atoms with Gasteiger partial charge in [-0.2, -0.15) is 0 Å². The van der Waals surface area contributed by atoms with Gasteiger partial charge in [-0.3, -0.25) is 4.90 Å². The summed E-state index contributed by atoms with van der Waals surface area (Å²) in [5.74, 6) is 0.407. The molecule has 0 amide bonds. The topological polar surface area (TPSA) is 39.3 Å². The number of aromatic amines is 1. The van der Waals surface area contributed by atoms with Crippen molar-refractivity contribution in [3.63, 3.8) is 0 Å². The van der Waals surface area contributed by atoms with Crippen LogP contribution in [0.4, 0.5) is 0 Å². The fourth-order valence-electron chi connectivity index (χ4n) is 4.22. The van der Waals surface area contributed by atoms with Crippen LogP contribution in [0, 0.1) is 0 Å². The van der Waals surface area contributed by atoms with Crippen LogP contribution in [0.15, 0.2) is 48.7 Å². The van der Waals surface area contributed by atoms with E-state index in [0.29, 0.717) is 11.8 Å². The van der Waals surface area contributed by atoms with E-state index in [-0.39, 0.29) is 0 Å². The number of H-pyrrole nitrogens is 1. The van der Waals surface area contributed by atoms with Gasteiger partial charge in [0.05, 0.1) is 0 Å². The first-order valence-corrected chi connectivity index (χ1v) is 9.35. The molecule has 2 N–H and O–H groups in total. The second kappa shape index (κ2) is 6.93. The molecular weight excluding hydrogens is 308 g/mol. The highest BCUT2D eigenvalue weighted by Gasteiger charge is 2.24. The standard InChI is InChI=1S/C22H26N2O/c1-2-6-19-13-16-8-5-9-20-22(16)17(14-23-20)11-12-24(19)15-18-7-3-4-10-21(18)25/h3-5,7-10,14,19,23,25H,2,6,11-13,15H2,1H3. The van der Waals surface area contributed by atoms with E-state index in [0.717, 1.165) is 31.5 Å². The lowest BCUT2D eigenvalue weighted by atomic mass is 9.92. The molecule has 3 heteroatoms. The lowest BCUT2D eigenvalue weighted by Crippen LogP contribution is -2.38. The van der Waals surface area contributed by atoms with E-state index in [9.17, 15) is 5.11 Å². The van der Waals surface area contributed by atoms with E-state index in [2.05, 4.69) is 41.2 Å². The molecule has 4 rings (SSSR count). The second-order valence-corrected chi connectivity index (χ2v) is 7.15. The van der Waals surface area contributed by atoms with Crippen LogP contribution < -0.4 is 0 Å². The van der Waals surface area contributed by atoms with Crippen LogP contribution in [0.2, 0.25) is 0 Å². The minimum absolute atomic E-state index is 0.407. The molecule has 0 aliphatic carbocycles. The normalized spacial score (nSPS) is 18.2. The van der Waals surface area contributed by atoms with E-state index in [1.54, 1.807) is 6.07 Å². The van der Waals surface area contributed by atoms with Crippen LogP contribution in [0.5, 0.6) is 5.75 Å². The van der Waals surface area contributed by atoms with Crippen molar-refractivity contribution in [2.24, 2.45) is 0 Å². The molecule has 2 aromatic carbocycles. The summed E-state index contributed by atoms with van der Waals surface area (Å²) in [5, 5.41) is 11.6. The molecule has 1 aromatic heterocycles. The predicted octanol–water partition coefficient (Wildman–Crippen LogP) is 4.64. The van der Waals surface area contributed by atoms with Gasteiger partial charge < -0.3 is 10.1 Å². The number of phenols is 1. The van der Waals surface area contributed by atoms with Gasteiger partial charge in [0.15, 0.2) is 0 Å². The van der Waals surface area contributed by atoms with Gasteiger partial charge in [-0.1, -0.05) is 43.7 Å². The molecule has 1 aliphatic heterocycles. The van der Waals surface area contributed by atoms with Crippen LogP contribution >= 0.6 is 0 Å². The average molecular weight is 334 g/mol. The minimum Gasteiger partial charge on any atom is -0.508 e. The first kappa shape index (κ1) is 16.2. The largest absolute Gasteiger partial charge is 0.508 e. The van der Waals surface area contributed by atoms with E-state index in [1.165, 1.54) is 34.9 Å². The lowest BCUT2D eigenvalue weighted by Gasteiger charge is -2.34. The zero-order valence-corrected chi connectivity index (χ0v) is 14.8. The molecule has 3 aromatic rings. The second-order valence-electron chi connectivity index (χ2n) is 7.15. The van der Waals surface area contributed by atoms with Gasteiger partial charge in [-0.25, -0.2) is 0 Å². The van der Waals surface area contributed by atoms with Crippen LogP contribution in [-0.4, -0.2) is 27.6 Å². The third kappa shape index (κ3) is 3.16. The highest BCUT2D eigenvalue weighted by atomic mass is 16.3. The number of hydrogen-bond acceptors (Lipinski definition) is 2. The molecule has 0 fully saturated rings. The van der Waals surface area contributed by atoms with Gasteiger partial charge in [0, 0.05) is 41.8 Å². The Kier molecular flexibility index (Phi) is 4.50. The monoisotopic (exact) mass is 334 g/mol. The summed E-state index contributed by atoms with van der Waals surface area (Å²) in [7, 11) is 0. The molecule has 3 nitrogen and oxygen atoms in total. The minimum atomic E-state index is 0.407. The summed E-state index contributed by atoms with van der Waals surface area (Å²) in [6, 6.07) is 14.9. The Labute approximate surface area is 149 Å². The Bertz CT molecular complexity index is 867. The van der Waals surface area contributed by atoms with Gasteiger partial charge in [0.1, 0.15) is 5.75 Å². The van der Waals surface area contributed by atoms with Gasteiger partial charge in [0.2, 0.25) is 0 Å². The number of rotatable bonds is 4. The summed E-state index contributed by atoms with van der Waals surface area (Å²) in [5.41, 5.74) is 5.16. The fraction of sp³-hybridized carbons (Fsp3) is 0.364. The van der Waals surface area contributed by atoms with Gasteiger partial charge in [0.25, 0.3) is 0 Å². The van der Waals surface area contributed by atoms with Crippen molar-refractivity contribution in [1.29, 1.82) is 0 Å². The smallest absolute Gasteiger partial charge is 0.120 e. The zero-order chi connectivity index (χ0) is 17.2. The molecule has 1 atom stereocenters. The number of aromatic nitrogens is 1. The summed E-state index contributed by atoms with van der Waals surface area (Å²) >= 11 is 0. The molecule has 25 heavy (non-hydrogen) atoms. The molecule has 2 heterocycles. The van der Waals surface area contributed by atoms with E-state index < -0.39 is 0 Å². The lowest BCUT2D eigenvalue weighted by molar-refractivity contribution is 0.174. The van der Waals surface area contributed by atoms with Crippen molar-refractivity contribution >= 4 is 10.9 Å². The SMILES string of the molecule is CCCC1Cc2cccc3[nH]cc(c23)CCN1Cc1ccccc1O. The number of phenolic OH excluding ortho intramolecular Hbond substituents is 1. The summed E-state index contributed by atoms with van der Waals surface area (Å²) in [6.07, 6.45) is 6.66. The Morgan fingerprint density at radius 3 is 2.84 bits per heavy atom. The number of para-hydroxylation sites is 1. The molecule has 130 valence electrons. The maximum atomic E-state index is 10.2. The maximum Gasteiger partial charge on any atom is 0.120 e. The van der Waals surface area contributed by atoms with E-state index in [4.69, 9.17) is 0 Å². The summed E-state index contributed by atoms with van der Waals surface area (Å²) in [6.45, 7) is 4.10. The fourth-order valence-corrected chi connectivity index (χ4v) is 4.22. The van der Waals surface area contributed by atoms with Gasteiger partial charge >= 0.3 is 0 Å². The third-order valence-corrected chi connectivity index (χ3v) is 5.50. The number of aromatic hydroxyl groups is 1. The molecule has 0 spiro atoms. The van der Waals surface area contributed by atoms with Crippen molar-refractivity contribution in [1.82, 2.24) is 9.88 Å². The van der Waals surface area contributed by atoms with Crippen molar-refractivity contribution in [3.05, 3.63) is 65.4 Å². The first-order valence-electron chi connectivity index (χ1n) is 9.35. The number of nitrogens with zero attached hydrogens (tertiary/aromatic N) is 1. The zero-order valence-electron chi connectivity index (χ0n) is 14.8. The Morgan fingerprint density at radius 1 is 1.12 bits per heavy atom. The highest BCUT2D eigenvalue weighted by Crippen LogP contribution is 2.30. The number of nitrogens with one attached hydrogen (secondary N) is 1. The molecule has 0 saturated heterocycles. The van der Waals surface area contributed by atoms with Gasteiger partial charge in [-0.05, 0) is 42.5 Å². The molecule has 0 bridgehead atoms. The number of benzene rings is 2. The van der Waals surface area contributed by atoms with Crippen LogP contribution in [0.25, 0.3) is 10.9 Å². The van der Waals surface area contributed by atoms with Crippen molar-refractivity contribution < 1.29 is 5.11 Å². The molecule has 1 aliphatic rings. The molecular formula is C22H26N2O. The van der Waals surface area contributed by atoms with Crippen molar-refractivity contribution in [2.45, 2.75) is 45.2 Å². The first-order chi connectivity index (χ1) is 12.3. The maximum absolute atomic E-state index is 10.2. The van der Waals surface area contributed by atoms with Crippen LogP contribution in [0.1, 0.15) is 36.5 Å². The average Bonchev–Trinajstić information content (AvgIpc) is 3.02. The summed E-state index contributed by atoms with van der Waals surface area (Å²) < 4.78 is 0. The Balaban J connectivity index is 1.68. The van der Waals surface area contributed by atoms with Crippen molar-refractivity contribution in [2.75, 3.05) is 6.54 Å². The van der Waals surface area contributed by atoms with Crippen LogP contribution in [0.3, 0.4) is 0 Å². The van der Waals surface area contributed by atoms with E-state index >= 15 is 0 Å². The van der Waals surface area contributed by atoms with E-state index in [1.807, 2.05) is 18.2 Å². The van der Waals surface area contributed by atoms with Gasteiger partial charge in [-0.15, -0.1) is 0 Å². The highest BCUT2D eigenvalue weighted by molar-refractivity contribution is 5.86. The number of hydrogen-bond donors (Lipinski definition) is 2. The molecule has 0 radical (unpaired) electrons. The molecule has 1 unspecified atom stereocenters. The van der Waals surface area contributed by atoms with Crippen LogP contribution in [-0.2, 0) is 19.4 Å². The summed E-state index contributed by atoms with van der Waals surface area (Å²) in [4.78, 5) is 6.00. The molecule has 0 saturated carbocycles. The Morgan fingerprint density at radius 2 is 2.00 bits per heavy atom. The van der Waals surface area contributed by atoms with Crippen molar-refractivity contribution in [3.8, 4) is 5.75 Å². The predicted molar refractivity (Wildman–Crippen MR) is 103 cm³/mol. The Hall–Kier alpha value is -2.26. The third-order valence-electron chi connectivity index (χ3n) is 5.50. The quantitative estimate of drug-likeness (QED) is 0.729.